The van der Waals surface area contributed by atoms with Gasteiger partial charge in [-0.2, -0.15) is 0 Å². The summed E-state index contributed by atoms with van der Waals surface area (Å²) in [6.45, 7) is 1.94. The number of halogens is 1. The maximum absolute atomic E-state index is 12.0. The highest BCUT2D eigenvalue weighted by atomic mass is 79.9. The molecule has 92 valence electrons. The Morgan fingerprint density at radius 2 is 2.06 bits per heavy atom. The maximum Gasteiger partial charge on any atom is 0.341 e. The first-order valence-electron chi connectivity index (χ1n) is 5.22. The maximum atomic E-state index is 12.0. The molecule has 1 aromatic heterocycles. The summed E-state index contributed by atoms with van der Waals surface area (Å²) in [7, 11) is 0. The topological polar surface area (TPSA) is 59.3 Å². The van der Waals surface area contributed by atoms with Crippen LogP contribution in [0.15, 0.2) is 45.8 Å². The van der Waals surface area contributed by atoms with E-state index in [2.05, 4.69) is 15.9 Å². The number of nitrogens with zero attached hydrogens (tertiary/aromatic N) is 1. The molecule has 0 radical (unpaired) electrons. The van der Waals surface area contributed by atoms with Crippen LogP contribution in [0.3, 0.4) is 0 Å². The summed E-state index contributed by atoms with van der Waals surface area (Å²) in [5.74, 6) is -1.22. The van der Waals surface area contributed by atoms with Gasteiger partial charge in [0.05, 0.1) is 5.69 Å². The third-order valence-corrected chi connectivity index (χ3v) is 3.18. The van der Waals surface area contributed by atoms with E-state index in [1.165, 1.54) is 16.7 Å². The lowest BCUT2D eigenvalue weighted by Crippen LogP contribution is -2.24. The number of aromatic carboxylic acids is 1. The third-order valence-electron chi connectivity index (χ3n) is 2.54. The molecule has 0 spiro atoms. The van der Waals surface area contributed by atoms with Crippen LogP contribution >= 0.6 is 15.9 Å². The predicted octanol–water partition coefficient (Wildman–Crippen LogP) is 2.61. The number of carboxylic acids is 1. The van der Waals surface area contributed by atoms with Gasteiger partial charge in [-0.1, -0.05) is 6.07 Å². The van der Waals surface area contributed by atoms with Crippen molar-refractivity contribution in [2.24, 2.45) is 0 Å². The second-order valence-corrected chi connectivity index (χ2v) is 4.71. The van der Waals surface area contributed by atoms with Gasteiger partial charge in [0.25, 0.3) is 5.56 Å². The SMILES string of the molecule is Cc1ccc(-n2cccc(C(=O)O)c2=O)c(Br)c1. The first kappa shape index (κ1) is 12.6. The second-order valence-electron chi connectivity index (χ2n) is 3.86. The van der Waals surface area contributed by atoms with Crippen LogP contribution in [0.4, 0.5) is 0 Å². The summed E-state index contributed by atoms with van der Waals surface area (Å²) in [6.07, 6.45) is 1.55. The van der Waals surface area contributed by atoms with Crippen LogP contribution in [0.1, 0.15) is 15.9 Å². The molecule has 0 bridgehead atoms. The molecule has 0 atom stereocenters. The van der Waals surface area contributed by atoms with Gasteiger partial charge in [0.1, 0.15) is 5.56 Å². The van der Waals surface area contributed by atoms with E-state index < -0.39 is 11.5 Å². The Hall–Kier alpha value is -1.88. The standard InChI is InChI=1S/C13H10BrNO3/c1-8-4-5-11(10(14)7-8)15-6-2-3-9(12(15)16)13(17)18/h2-7H,1H3,(H,17,18). The Morgan fingerprint density at radius 3 is 2.67 bits per heavy atom. The lowest BCUT2D eigenvalue weighted by Gasteiger charge is -2.09. The number of carbonyl (C=O) groups is 1. The van der Waals surface area contributed by atoms with Gasteiger partial charge in [-0.3, -0.25) is 9.36 Å². The molecule has 1 aromatic carbocycles. The Bertz CT molecular complexity index is 676. The van der Waals surface area contributed by atoms with Gasteiger partial charge >= 0.3 is 5.97 Å². The van der Waals surface area contributed by atoms with E-state index in [4.69, 9.17) is 5.11 Å². The second kappa shape index (κ2) is 4.78. The van der Waals surface area contributed by atoms with Crippen LogP contribution < -0.4 is 5.56 Å². The van der Waals surface area contributed by atoms with E-state index in [1.807, 2.05) is 19.1 Å². The first-order valence-corrected chi connectivity index (χ1v) is 6.01. The monoisotopic (exact) mass is 307 g/mol. The number of benzene rings is 1. The number of carboxylic acid groups (broad SMARTS) is 1. The molecular weight excluding hydrogens is 298 g/mol. The van der Waals surface area contributed by atoms with Gasteiger partial charge in [0.2, 0.25) is 0 Å². The van der Waals surface area contributed by atoms with Gasteiger partial charge in [0.15, 0.2) is 0 Å². The van der Waals surface area contributed by atoms with Crippen molar-refractivity contribution in [1.29, 1.82) is 0 Å². The van der Waals surface area contributed by atoms with E-state index in [9.17, 15) is 9.59 Å². The number of rotatable bonds is 2. The minimum atomic E-state index is -1.22. The zero-order valence-electron chi connectivity index (χ0n) is 9.55. The third kappa shape index (κ3) is 2.22. The molecule has 0 saturated heterocycles. The summed E-state index contributed by atoms with van der Waals surface area (Å²) in [6, 6.07) is 8.34. The van der Waals surface area contributed by atoms with Crippen LogP contribution in [0.2, 0.25) is 0 Å². The highest BCUT2D eigenvalue weighted by molar-refractivity contribution is 9.10. The molecule has 0 aliphatic carbocycles. The Labute approximate surface area is 112 Å². The Balaban J connectivity index is 2.69. The van der Waals surface area contributed by atoms with Gasteiger partial charge in [-0.25, -0.2) is 4.79 Å². The van der Waals surface area contributed by atoms with Crippen molar-refractivity contribution >= 4 is 21.9 Å². The summed E-state index contributed by atoms with van der Waals surface area (Å²) in [5, 5.41) is 8.93. The molecule has 0 aliphatic rings. The van der Waals surface area contributed by atoms with Crippen molar-refractivity contribution in [2.75, 3.05) is 0 Å². The summed E-state index contributed by atoms with van der Waals surface area (Å²) in [5.41, 5.74) is 0.876. The molecular formula is C13H10BrNO3. The van der Waals surface area contributed by atoms with Crippen molar-refractivity contribution in [3.63, 3.8) is 0 Å². The number of aromatic nitrogens is 1. The summed E-state index contributed by atoms with van der Waals surface area (Å²) in [4.78, 5) is 22.9. The van der Waals surface area contributed by atoms with Crippen molar-refractivity contribution in [1.82, 2.24) is 4.57 Å². The zero-order chi connectivity index (χ0) is 13.3. The molecule has 1 heterocycles. The lowest BCUT2D eigenvalue weighted by molar-refractivity contribution is 0.0694. The van der Waals surface area contributed by atoms with E-state index in [1.54, 1.807) is 12.3 Å². The number of pyridine rings is 1. The molecule has 0 unspecified atom stereocenters. The van der Waals surface area contributed by atoms with E-state index >= 15 is 0 Å². The normalized spacial score (nSPS) is 10.3. The number of aryl methyl sites for hydroxylation is 1. The Kier molecular flexibility index (Phi) is 3.34. The molecule has 0 aliphatic heterocycles. The molecule has 2 rings (SSSR count). The highest BCUT2D eigenvalue weighted by Crippen LogP contribution is 2.21. The first-order chi connectivity index (χ1) is 8.50. The van der Waals surface area contributed by atoms with Crippen LogP contribution in [0, 0.1) is 6.92 Å². The van der Waals surface area contributed by atoms with Gasteiger partial charge in [0, 0.05) is 10.7 Å². The average molecular weight is 308 g/mol. The zero-order valence-corrected chi connectivity index (χ0v) is 11.1. The fraction of sp³-hybridized carbons (Fsp3) is 0.0769. The van der Waals surface area contributed by atoms with Gasteiger partial charge in [-0.05, 0) is 52.7 Å². The fourth-order valence-corrected chi connectivity index (χ4v) is 2.34. The summed E-state index contributed by atoms with van der Waals surface area (Å²) < 4.78 is 2.06. The lowest BCUT2D eigenvalue weighted by atomic mass is 10.2. The minimum Gasteiger partial charge on any atom is -0.477 e. The smallest absolute Gasteiger partial charge is 0.341 e. The van der Waals surface area contributed by atoms with Crippen molar-refractivity contribution in [3.05, 3.63) is 62.5 Å². The fourth-order valence-electron chi connectivity index (χ4n) is 1.65. The molecule has 2 aromatic rings. The minimum absolute atomic E-state index is 0.245. The van der Waals surface area contributed by atoms with Crippen LogP contribution in [-0.4, -0.2) is 15.6 Å². The Morgan fingerprint density at radius 1 is 1.33 bits per heavy atom. The average Bonchev–Trinajstić information content (AvgIpc) is 2.30. The van der Waals surface area contributed by atoms with Gasteiger partial charge in [-0.15, -0.1) is 0 Å². The number of hydrogen-bond acceptors (Lipinski definition) is 2. The molecule has 1 N–H and O–H groups in total. The predicted molar refractivity (Wildman–Crippen MR) is 71.4 cm³/mol. The van der Waals surface area contributed by atoms with Crippen molar-refractivity contribution in [3.8, 4) is 5.69 Å². The molecule has 0 fully saturated rings. The van der Waals surface area contributed by atoms with Crippen LogP contribution in [-0.2, 0) is 0 Å². The van der Waals surface area contributed by atoms with E-state index in [-0.39, 0.29) is 5.56 Å². The molecule has 4 nitrogen and oxygen atoms in total. The largest absolute Gasteiger partial charge is 0.477 e. The van der Waals surface area contributed by atoms with Crippen LogP contribution in [0.25, 0.3) is 5.69 Å². The highest BCUT2D eigenvalue weighted by Gasteiger charge is 2.12. The van der Waals surface area contributed by atoms with Crippen molar-refractivity contribution < 1.29 is 9.90 Å². The molecule has 18 heavy (non-hydrogen) atoms. The molecule has 0 saturated carbocycles. The van der Waals surface area contributed by atoms with Crippen LogP contribution in [0.5, 0.6) is 0 Å². The van der Waals surface area contributed by atoms with E-state index in [0.717, 1.165) is 10.0 Å². The number of hydrogen-bond donors (Lipinski definition) is 1. The quantitative estimate of drug-likeness (QED) is 0.927. The molecule has 5 heteroatoms. The van der Waals surface area contributed by atoms with E-state index in [0.29, 0.717) is 5.69 Å². The van der Waals surface area contributed by atoms with Gasteiger partial charge < -0.3 is 5.11 Å². The van der Waals surface area contributed by atoms with Crippen molar-refractivity contribution in [2.45, 2.75) is 6.92 Å². The summed E-state index contributed by atoms with van der Waals surface area (Å²) >= 11 is 3.37. The molecule has 0 amide bonds.